The largest absolute Gasteiger partial charge is 0.423 e. The molecule has 0 aliphatic carbocycles. The molecule has 1 aromatic carbocycles. The maximum atomic E-state index is 11.8. The third-order valence-electron chi connectivity index (χ3n) is 3.55. The van der Waals surface area contributed by atoms with E-state index in [1.54, 1.807) is 18.5 Å². The standard InChI is InChI=1S/C18H13N3O2S/c22-17-11-16(14-6-1-2-7-15(14)23-17)24-18-20-9-10-21(18)12-13-5-3-4-8-19-13/h1-11H,12H2. The van der Waals surface area contributed by atoms with Gasteiger partial charge in [-0.05, 0) is 18.2 Å². The van der Waals surface area contributed by atoms with Crippen LogP contribution in [0.3, 0.4) is 0 Å². The van der Waals surface area contributed by atoms with Crippen molar-refractivity contribution in [3.05, 3.63) is 83.2 Å². The lowest BCUT2D eigenvalue weighted by molar-refractivity contribution is 0.557. The fourth-order valence-electron chi connectivity index (χ4n) is 2.45. The van der Waals surface area contributed by atoms with Crippen LogP contribution >= 0.6 is 11.8 Å². The molecule has 0 aliphatic rings. The molecule has 3 heterocycles. The summed E-state index contributed by atoms with van der Waals surface area (Å²) in [5, 5.41) is 1.70. The van der Waals surface area contributed by atoms with E-state index in [0.29, 0.717) is 12.1 Å². The number of rotatable bonds is 4. The molecule has 3 aromatic heterocycles. The van der Waals surface area contributed by atoms with Crippen molar-refractivity contribution in [2.45, 2.75) is 16.6 Å². The summed E-state index contributed by atoms with van der Waals surface area (Å²) in [5.41, 5.74) is 1.17. The number of nitrogens with zero attached hydrogens (tertiary/aromatic N) is 3. The van der Waals surface area contributed by atoms with Gasteiger partial charge >= 0.3 is 5.63 Å². The first-order valence-electron chi connectivity index (χ1n) is 7.41. The Kier molecular flexibility index (Phi) is 3.88. The highest BCUT2D eigenvalue weighted by Crippen LogP contribution is 2.31. The first kappa shape index (κ1) is 14.7. The highest BCUT2D eigenvalue weighted by molar-refractivity contribution is 7.99. The molecule has 0 unspecified atom stereocenters. The molecule has 0 saturated carbocycles. The van der Waals surface area contributed by atoms with Crippen LogP contribution in [-0.4, -0.2) is 14.5 Å². The van der Waals surface area contributed by atoms with E-state index in [4.69, 9.17) is 4.42 Å². The smallest absolute Gasteiger partial charge is 0.337 e. The van der Waals surface area contributed by atoms with Crippen LogP contribution in [0.5, 0.6) is 0 Å². The Morgan fingerprint density at radius 3 is 2.79 bits per heavy atom. The Balaban J connectivity index is 1.70. The van der Waals surface area contributed by atoms with E-state index >= 15 is 0 Å². The van der Waals surface area contributed by atoms with Gasteiger partial charge in [-0.3, -0.25) is 4.98 Å². The molecule has 0 bridgehead atoms. The van der Waals surface area contributed by atoms with Gasteiger partial charge in [0.2, 0.25) is 0 Å². The van der Waals surface area contributed by atoms with Crippen molar-refractivity contribution in [1.29, 1.82) is 0 Å². The van der Waals surface area contributed by atoms with E-state index in [9.17, 15) is 4.79 Å². The molecular formula is C18H13N3O2S. The molecule has 24 heavy (non-hydrogen) atoms. The lowest BCUT2D eigenvalue weighted by Crippen LogP contribution is -2.02. The summed E-state index contributed by atoms with van der Waals surface area (Å²) in [6.45, 7) is 0.628. The Hall–Kier alpha value is -2.86. The van der Waals surface area contributed by atoms with E-state index < -0.39 is 0 Å². The fraction of sp³-hybridized carbons (Fsp3) is 0.0556. The van der Waals surface area contributed by atoms with Gasteiger partial charge in [-0.15, -0.1) is 0 Å². The van der Waals surface area contributed by atoms with Gasteiger partial charge < -0.3 is 8.98 Å². The number of imidazole rings is 1. The predicted molar refractivity (Wildman–Crippen MR) is 92.2 cm³/mol. The summed E-state index contributed by atoms with van der Waals surface area (Å²) in [6, 6.07) is 14.8. The van der Waals surface area contributed by atoms with E-state index in [0.717, 1.165) is 21.1 Å². The van der Waals surface area contributed by atoms with Crippen LogP contribution in [0.4, 0.5) is 0 Å². The molecule has 118 valence electrons. The van der Waals surface area contributed by atoms with Crippen LogP contribution in [0.25, 0.3) is 11.0 Å². The van der Waals surface area contributed by atoms with Gasteiger partial charge in [-0.2, -0.15) is 0 Å². The molecule has 0 radical (unpaired) electrons. The Bertz CT molecular complexity index is 1040. The zero-order chi connectivity index (χ0) is 16.4. The van der Waals surface area contributed by atoms with Crippen LogP contribution in [0, 0.1) is 0 Å². The maximum Gasteiger partial charge on any atom is 0.337 e. The minimum absolute atomic E-state index is 0.362. The molecular weight excluding hydrogens is 322 g/mol. The van der Waals surface area contributed by atoms with Crippen LogP contribution in [0.15, 0.2) is 86.4 Å². The summed E-state index contributed by atoms with van der Waals surface area (Å²) < 4.78 is 7.25. The first-order chi connectivity index (χ1) is 11.8. The Morgan fingerprint density at radius 2 is 1.92 bits per heavy atom. The quantitative estimate of drug-likeness (QED) is 0.533. The number of benzene rings is 1. The molecule has 6 heteroatoms. The number of aromatic nitrogens is 3. The van der Waals surface area contributed by atoms with Crippen molar-refractivity contribution >= 4 is 22.7 Å². The van der Waals surface area contributed by atoms with Crippen LogP contribution in [-0.2, 0) is 6.54 Å². The maximum absolute atomic E-state index is 11.8. The number of hydrogen-bond donors (Lipinski definition) is 0. The van der Waals surface area contributed by atoms with E-state index in [2.05, 4.69) is 9.97 Å². The van der Waals surface area contributed by atoms with Crippen molar-refractivity contribution in [3.63, 3.8) is 0 Å². The monoisotopic (exact) mass is 335 g/mol. The van der Waals surface area contributed by atoms with Gasteiger partial charge in [0.1, 0.15) is 5.58 Å². The normalized spacial score (nSPS) is 11.0. The average Bonchev–Trinajstić information content (AvgIpc) is 3.02. The summed E-state index contributed by atoms with van der Waals surface area (Å²) >= 11 is 1.45. The van der Waals surface area contributed by atoms with Crippen LogP contribution in [0.2, 0.25) is 0 Å². The Labute approximate surface area is 142 Å². The molecule has 4 rings (SSSR count). The second kappa shape index (κ2) is 6.33. The number of para-hydroxylation sites is 1. The van der Waals surface area contributed by atoms with Gasteiger partial charge in [-0.1, -0.05) is 36.0 Å². The topological polar surface area (TPSA) is 60.9 Å². The Morgan fingerprint density at radius 1 is 1.04 bits per heavy atom. The lowest BCUT2D eigenvalue weighted by Gasteiger charge is -2.08. The first-order valence-corrected chi connectivity index (χ1v) is 8.23. The molecule has 0 atom stereocenters. The molecule has 0 spiro atoms. The van der Waals surface area contributed by atoms with Gasteiger partial charge in [0.15, 0.2) is 5.16 Å². The molecule has 4 aromatic rings. The fourth-order valence-corrected chi connectivity index (χ4v) is 3.44. The minimum atomic E-state index is -0.362. The van der Waals surface area contributed by atoms with Gasteiger partial charge in [0, 0.05) is 34.9 Å². The SMILES string of the molecule is O=c1cc(Sc2nccn2Cc2ccccn2)c2ccccc2o1. The van der Waals surface area contributed by atoms with E-state index in [1.807, 2.05) is 47.2 Å². The third-order valence-corrected chi connectivity index (χ3v) is 4.63. The zero-order valence-corrected chi connectivity index (χ0v) is 13.4. The van der Waals surface area contributed by atoms with Gasteiger partial charge in [0.25, 0.3) is 0 Å². The zero-order valence-electron chi connectivity index (χ0n) is 12.6. The number of fused-ring (bicyclic) bond motifs is 1. The van der Waals surface area contributed by atoms with Crippen LogP contribution in [0.1, 0.15) is 5.69 Å². The molecule has 0 N–H and O–H groups in total. The van der Waals surface area contributed by atoms with E-state index in [1.165, 1.54) is 17.8 Å². The van der Waals surface area contributed by atoms with Crippen molar-refractivity contribution in [3.8, 4) is 0 Å². The highest BCUT2D eigenvalue weighted by atomic mass is 32.2. The second-order valence-corrected chi connectivity index (χ2v) is 6.20. The van der Waals surface area contributed by atoms with Gasteiger partial charge in [-0.25, -0.2) is 9.78 Å². The summed E-state index contributed by atoms with van der Waals surface area (Å²) in [4.78, 5) is 21.4. The van der Waals surface area contributed by atoms with Crippen molar-refractivity contribution in [2.24, 2.45) is 0 Å². The molecule has 5 nitrogen and oxygen atoms in total. The highest BCUT2D eigenvalue weighted by Gasteiger charge is 2.11. The lowest BCUT2D eigenvalue weighted by atomic mass is 10.2. The molecule has 0 fully saturated rings. The molecule has 0 saturated heterocycles. The predicted octanol–water partition coefficient (Wildman–Crippen LogP) is 3.58. The summed E-state index contributed by atoms with van der Waals surface area (Å²) in [5.74, 6) is 0. The number of pyridine rings is 1. The van der Waals surface area contributed by atoms with E-state index in [-0.39, 0.29) is 5.63 Å². The van der Waals surface area contributed by atoms with Crippen molar-refractivity contribution in [2.75, 3.05) is 0 Å². The minimum Gasteiger partial charge on any atom is -0.423 e. The summed E-state index contributed by atoms with van der Waals surface area (Å²) in [6.07, 6.45) is 5.43. The molecule has 0 amide bonds. The average molecular weight is 335 g/mol. The van der Waals surface area contributed by atoms with Gasteiger partial charge in [0.05, 0.1) is 12.2 Å². The summed E-state index contributed by atoms with van der Waals surface area (Å²) in [7, 11) is 0. The molecule has 0 aliphatic heterocycles. The van der Waals surface area contributed by atoms with Crippen LogP contribution < -0.4 is 5.63 Å². The third kappa shape index (κ3) is 2.96. The van der Waals surface area contributed by atoms with Crippen molar-refractivity contribution < 1.29 is 4.42 Å². The second-order valence-electron chi connectivity index (χ2n) is 5.19. The number of hydrogen-bond acceptors (Lipinski definition) is 5. The van der Waals surface area contributed by atoms with Crippen molar-refractivity contribution in [1.82, 2.24) is 14.5 Å².